The Balaban J connectivity index is 1.65. The lowest BCUT2D eigenvalue weighted by atomic mass is 10.1. The third-order valence-electron chi connectivity index (χ3n) is 5.32. The first-order valence-corrected chi connectivity index (χ1v) is 12.7. The van der Waals surface area contributed by atoms with Gasteiger partial charge in [-0.3, -0.25) is 9.78 Å². The number of rotatable bonds is 9. The van der Waals surface area contributed by atoms with Crippen LogP contribution < -0.4 is 26.0 Å². The summed E-state index contributed by atoms with van der Waals surface area (Å²) in [7, 11) is 0. The van der Waals surface area contributed by atoms with Crippen LogP contribution in [0.2, 0.25) is 5.02 Å². The number of hydrogen-bond acceptors (Lipinski definition) is 7. The smallest absolute Gasteiger partial charge is 0.407 e. The Labute approximate surface area is 227 Å². The summed E-state index contributed by atoms with van der Waals surface area (Å²) in [5.74, 6) is 0.323. The van der Waals surface area contributed by atoms with E-state index in [0.29, 0.717) is 40.8 Å². The van der Waals surface area contributed by atoms with E-state index >= 15 is 0 Å². The van der Waals surface area contributed by atoms with Crippen LogP contribution in [0.4, 0.5) is 10.5 Å². The maximum atomic E-state index is 12.7. The highest BCUT2D eigenvalue weighted by Gasteiger charge is 2.24. The van der Waals surface area contributed by atoms with Crippen molar-refractivity contribution in [2.24, 2.45) is 0 Å². The summed E-state index contributed by atoms with van der Waals surface area (Å²) in [5, 5.41) is 12.6. The third-order valence-corrected chi connectivity index (χ3v) is 6.04. The van der Waals surface area contributed by atoms with Crippen molar-refractivity contribution < 1.29 is 19.1 Å². The molecular weight excluding hydrogens is 514 g/mol. The molecule has 2 aromatic rings. The number of ether oxygens (including phenoxy) is 2. The van der Waals surface area contributed by atoms with Gasteiger partial charge in [-0.2, -0.15) is 0 Å². The average Bonchev–Trinajstić information content (AvgIpc) is 2.83. The number of nitrogens with zero attached hydrogens (tertiary/aromatic N) is 1. The van der Waals surface area contributed by atoms with Gasteiger partial charge in [-0.05, 0) is 51.5 Å². The lowest BCUT2D eigenvalue weighted by molar-refractivity contribution is -0.117. The first kappa shape index (κ1) is 28.2. The van der Waals surface area contributed by atoms with Crippen molar-refractivity contribution in [2.45, 2.75) is 46.3 Å². The van der Waals surface area contributed by atoms with Gasteiger partial charge in [-0.25, -0.2) is 4.79 Å². The quantitative estimate of drug-likeness (QED) is 0.273. The summed E-state index contributed by atoms with van der Waals surface area (Å²) in [4.78, 5) is 29.0. The minimum Gasteiger partial charge on any atom is -0.490 e. The van der Waals surface area contributed by atoms with Crippen molar-refractivity contribution in [3.05, 3.63) is 64.1 Å². The van der Waals surface area contributed by atoms with Crippen molar-refractivity contribution in [3.63, 3.8) is 0 Å². The lowest BCUT2D eigenvalue weighted by Gasteiger charge is -2.24. The molecule has 0 spiro atoms. The molecule has 37 heavy (non-hydrogen) atoms. The van der Waals surface area contributed by atoms with E-state index in [9.17, 15) is 9.59 Å². The molecule has 0 saturated heterocycles. The number of benzene rings is 1. The van der Waals surface area contributed by atoms with Gasteiger partial charge < -0.3 is 30.7 Å². The van der Waals surface area contributed by atoms with Crippen molar-refractivity contribution in [2.75, 3.05) is 25.0 Å². The lowest BCUT2D eigenvalue weighted by Crippen LogP contribution is -2.39. The van der Waals surface area contributed by atoms with Crippen molar-refractivity contribution in [1.82, 2.24) is 20.9 Å². The van der Waals surface area contributed by atoms with E-state index in [1.165, 1.54) is 0 Å². The predicted molar refractivity (Wildman–Crippen MR) is 148 cm³/mol. The van der Waals surface area contributed by atoms with Gasteiger partial charge in [-0.1, -0.05) is 29.9 Å². The molecule has 0 fully saturated rings. The molecule has 0 atom stereocenters. The maximum Gasteiger partial charge on any atom is 0.407 e. The molecule has 0 saturated carbocycles. The molecule has 9 nitrogen and oxygen atoms in total. The average molecular weight is 546 g/mol. The van der Waals surface area contributed by atoms with E-state index in [1.807, 2.05) is 25.1 Å². The van der Waals surface area contributed by atoms with Crippen molar-refractivity contribution >= 4 is 46.5 Å². The SMILES string of the molecule is Cc1c(Cl)cccc1NC(=S)C1=C(NCc2ccncc2OCCNC(=O)OC(C)(C)C)CCNC1=O. The van der Waals surface area contributed by atoms with Gasteiger partial charge in [0.1, 0.15) is 22.9 Å². The molecule has 2 amide bonds. The van der Waals surface area contributed by atoms with Crippen LogP contribution in [0.25, 0.3) is 0 Å². The monoisotopic (exact) mass is 545 g/mol. The summed E-state index contributed by atoms with van der Waals surface area (Å²) in [6.07, 6.45) is 3.37. The zero-order valence-corrected chi connectivity index (χ0v) is 22.9. The molecule has 0 aliphatic carbocycles. The fraction of sp³-hybridized carbons (Fsp3) is 0.385. The number of anilines is 1. The van der Waals surface area contributed by atoms with Gasteiger partial charge in [0.15, 0.2) is 0 Å². The Bertz CT molecular complexity index is 1200. The van der Waals surface area contributed by atoms with E-state index in [1.54, 1.807) is 39.2 Å². The number of hydrogen-bond donors (Lipinski definition) is 4. The number of carbonyl (C=O) groups is 2. The number of thiocarbonyl (C=S) groups is 1. The van der Waals surface area contributed by atoms with Crippen LogP contribution in [0.15, 0.2) is 47.9 Å². The van der Waals surface area contributed by atoms with Gasteiger partial charge >= 0.3 is 6.09 Å². The maximum absolute atomic E-state index is 12.7. The fourth-order valence-electron chi connectivity index (χ4n) is 3.51. The number of halogens is 1. The van der Waals surface area contributed by atoms with E-state index in [-0.39, 0.29) is 19.1 Å². The Hall–Kier alpha value is -3.37. The highest BCUT2D eigenvalue weighted by atomic mass is 35.5. The molecule has 1 aliphatic rings. The number of carbonyl (C=O) groups excluding carboxylic acids is 2. The molecule has 0 bridgehead atoms. The molecular formula is C26H32ClN5O4S. The largest absolute Gasteiger partial charge is 0.490 e. The van der Waals surface area contributed by atoms with Gasteiger partial charge in [-0.15, -0.1) is 0 Å². The number of amides is 2. The van der Waals surface area contributed by atoms with Gasteiger partial charge in [0.05, 0.1) is 18.3 Å². The summed E-state index contributed by atoms with van der Waals surface area (Å²) in [5.41, 5.74) is 2.98. The molecule has 2 heterocycles. The molecule has 1 aromatic carbocycles. The molecule has 198 valence electrons. The molecule has 3 rings (SSSR count). The highest BCUT2D eigenvalue weighted by Crippen LogP contribution is 2.25. The topological polar surface area (TPSA) is 114 Å². The number of aromatic nitrogens is 1. The number of pyridine rings is 1. The van der Waals surface area contributed by atoms with Gasteiger partial charge in [0.2, 0.25) is 0 Å². The number of alkyl carbamates (subject to hydrolysis) is 1. The minimum absolute atomic E-state index is 0.237. The molecule has 4 N–H and O–H groups in total. The van der Waals surface area contributed by atoms with Crippen LogP contribution in [0.5, 0.6) is 5.75 Å². The summed E-state index contributed by atoms with van der Waals surface area (Å²) in [6, 6.07) is 7.31. The first-order chi connectivity index (χ1) is 17.5. The zero-order chi connectivity index (χ0) is 27.0. The minimum atomic E-state index is -0.568. The fourth-order valence-corrected chi connectivity index (χ4v) is 4.01. The van der Waals surface area contributed by atoms with Crippen LogP contribution in [0.1, 0.15) is 38.3 Å². The Morgan fingerprint density at radius 3 is 2.81 bits per heavy atom. The Morgan fingerprint density at radius 2 is 2.05 bits per heavy atom. The second-order valence-corrected chi connectivity index (χ2v) is 10.2. The van der Waals surface area contributed by atoms with E-state index in [4.69, 9.17) is 33.3 Å². The molecule has 0 unspecified atom stereocenters. The highest BCUT2D eigenvalue weighted by molar-refractivity contribution is 7.81. The number of nitrogens with one attached hydrogen (secondary N) is 4. The normalized spacial score (nSPS) is 13.5. The van der Waals surface area contributed by atoms with Gasteiger partial charge in [0.25, 0.3) is 5.91 Å². The molecule has 1 aliphatic heterocycles. The van der Waals surface area contributed by atoms with Gasteiger partial charge in [0, 0.05) is 47.7 Å². The van der Waals surface area contributed by atoms with Crippen LogP contribution in [0.3, 0.4) is 0 Å². The molecule has 1 aromatic heterocycles. The summed E-state index contributed by atoms with van der Waals surface area (Å²) >= 11 is 11.8. The Kier molecular flexibility index (Phi) is 9.71. The Morgan fingerprint density at radius 1 is 1.27 bits per heavy atom. The van der Waals surface area contributed by atoms with Crippen LogP contribution in [-0.4, -0.2) is 47.3 Å². The van der Waals surface area contributed by atoms with Crippen LogP contribution in [0, 0.1) is 6.92 Å². The second kappa shape index (κ2) is 12.7. The second-order valence-electron chi connectivity index (χ2n) is 9.34. The van der Waals surface area contributed by atoms with Crippen molar-refractivity contribution in [3.8, 4) is 5.75 Å². The van der Waals surface area contributed by atoms with Crippen LogP contribution in [-0.2, 0) is 16.1 Å². The van der Waals surface area contributed by atoms with E-state index < -0.39 is 11.7 Å². The third kappa shape index (κ3) is 8.33. The van der Waals surface area contributed by atoms with Crippen LogP contribution >= 0.6 is 23.8 Å². The molecule has 0 radical (unpaired) electrons. The standard InChI is InChI=1S/C26H32ClN5O4S/c1-16-18(27)6-5-7-19(16)32-24(37)22-20(9-11-29-23(22)33)31-14-17-8-10-28-15-21(17)35-13-12-30-25(34)36-26(2,3)4/h5-8,10,15,31H,9,11-14H2,1-4H3,(H,29,33)(H,30,34)(H,32,37). The van der Waals surface area contributed by atoms with E-state index in [0.717, 1.165) is 22.5 Å². The van der Waals surface area contributed by atoms with E-state index in [2.05, 4.69) is 26.3 Å². The predicted octanol–water partition coefficient (Wildman–Crippen LogP) is 4.25. The zero-order valence-electron chi connectivity index (χ0n) is 21.4. The first-order valence-electron chi connectivity index (χ1n) is 11.9. The summed E-state index contributed by atoms with van der Waals surface area (Å²) in [6.45, 7) is 8.69. The summed E-state index contributed by atoms with van der Waals surface area (Å²) < 4.78 is 11.1. The van der Waals surface area contributed by atoms with Crippen molar-refractivity contribution in [1.29, 1.82) is 0 Å². The molecule has 11 heteroatoms.